The lowest BCUT2D eigenvalue weighted by Gasteiger charge is -2.22. The van der Waals surface area contributed by atoms with Crippen LogP contribution >= 0.6 is 11.6 Å². The summed E-state index contributed by atoms with van der Waals surface area (Å²) < 4.78 is 55.5. The van der Waals surface area contributed by atoms with Gasteiger partial charge in [0.15, 0.2) is 17.3 Å². The molecule has 0 saturated heterocycles. The number of carboxylic acid groups (broad SMARTS) is 1. The number of pyridine rings is 1. The number of rotatable bonds is 2. The number of alkyl halides is 2. The van der Waals surface area contributed by atoms with Crippen LogP contribution in [0.15, 0.2) is 24.3 Å². The molecule has 9 heteroatoms. The van der Waals surface area contributed by atoms with Crippen LogP contribution in [0, 0.1) is 11.6 Å². The highest BCUT2D eigenvalue weighted by Gasteiger charge is 2.33. The minimum absolute atomic E-state index is 0.00104. The second kappa shape index (κ2) is 6.77. The molecule has 1 aromatic carbocycles. The SMILES string of the molecule is CC(C)(C)c1c(-c2cc(F)c(F)cc2C(F)F)n(C(=O)O)c2nc(Cl)ccc12. The van der Waals surface area contributed by atoms with E-state index in [9.17, 15) is 27.5 Å². The van der Waals surface area contributed by atoms with Gasteiger partial charge in [-0.1, -0.05) is 32.4 Å². The van der Waals surface area contributed by atoms with E-state index in [1.165, 1.54) is 12.1 Å². The van der Waals surface area contributed by atoms with Gasteiger partial charge in [-0.15, -0.1) is 0 Å². The van der Waals surface area contributed by atoms with Crippen molar-refractivity contribution >= 4 is 28.7 Å². The van der Waals surface area contributed by atoms with Crippen molar-refractivity contribution in [3.8, 4) is 11.3 Å². The van der Waals surface area contributed by atoms with Crippen molar-refractivity contribution in [2.45, 2.75) is 32.6 Å². The molecule has 3 aromatic rings. The number of fused-ring (bicyclic) bond motifs is 1. The van der Waals surface area contributed by atoms with Crippen LogP contribution in [0.3, 0.4) is 0 Å². The van der Waals surface area contributed by atoms with Gasteiger partial charge in [-0.2, -0.15) is 0 Å². The van der Waals surface area contributed by atoms with Crippen LogP contribution in [-0.4, -0.2) is 20.8 Å². The van der Waals surface area contributed by atoms with Gasteiger partial charge in [0.2, 0.25) is 0 Å². The third-order valence-corrected chi connectivity index (χ3v) is 4.52. The highest BCUT2D eigenvalue weighted by Crippen LogP contribution is 2.44. The quantitative estimate of drug-likeness (QED) is 0.390. The maximum absolute atomic E-state index is 14.0. The third kappa shape index (κ3) is 3.22. The molecule has 3 rings (SSSR count). The Kier molecular flexibility index (Phi) is 4.87. The molecule has 0 atom stereocenters. The number of hydrogen-bond donors (Lipinski definition) is 1. The van der Waals surface area contributed by atoms with Crippen molar-refractivity contribution in [3.63, 3.8) is 0 Å². The molecule has 1 N–H and O–H groups in total. The number of halogens is 5. The van der Waals surface area contributed by atoms with Crippen molar-refractivity contribution in [3.05, 3.63) is 52.2 Å². The van der Waals surface area contributed by atoms with Crippen molar-refractivity contribution in [2.75, 3.05) is 0 Å². The summed E-state index contributed by atoms with van der Waals surface area (Å²) in [5, 5.41) is 10.1. The topological polar surface area (TPSA) is 55.1 Å². The summed E-state index contributed by atoms with van der Waals surface area (Å²) in [6.45, 7) is 5.23. The van der Waals surface area contributed by atoms with Crippen LogP contribution in [0.2, 0.25) is 5.15 Å². The highest BCUT2D eigenvalue weighted by atomic mass is 35.5. The maximum Gasteiger partial charge on any atom is 0.417 e. The molecule has 28 heavy (non-hydrogen) atoms. The largest absolute Gasteiger partial charge is 0.464 e. The molecule has 4 nitrogen and oxygen atoms in total. The standard InChI is InChI=1S/C19H15ClF4N2O2/c1-19(2,3)14-8-4-5-13(20)25-17(8)26(18(27)28)15(14)9-6-11(21)12(22)7-10(9)16(23)24/h4-7,16H,1-3H3,(H,27,28). The molecule has 0 spiro atoms. The Morgan fingerprint density at radius 3 is 2.32 bits per heavy atom. The van der Waals surface area contributed by atoms with Crippen molar-refractivity contribution in [1.82, 2.24) is 9.55 Å². The van der Waals surface area contributed by atoms with E-state index in [1.54, 1.807) is 20.8 Å². The Balaban J connectivity index is 2.60. The molecule has 0 aliphatic rings. The van der Waals surface area contributed by atoms with Gasteiger partial charge in [0.05, 0.1) is 5.69 Å². The first-order valence-electron chi connectivity index (χ1n) is 8.15. The van der Waals surface area contributed by atoms with Gasteiger partial charge in [0.25, 0.3) is 6.43 Å². The summed E-state index contributed by atoms with van der Waals surface area (Å²) in [6.07, 6.45) is -4.68. The molecule has 0 fully saturated rings. The fraction of sp³-hybridized carbons (Fsp3) is 0.263. The van der Waals surface area contributed by atoms with E-state index in [0.717, 1.165) is 0 Å². The molecule has 2 heterocycles. The molecule has 2 aromatic heterocycles. The van der Waals surface area contributed by atoms with E-state index in [2.05, 4.69) is 4.98 Å². The van der Waals surface area contributed by atoms with Gasteiger partial charge in [0, 0.05) is 16.5 Å². The monoisotopic (exact) mass is 414 g/mol. The minimum Gasteiger partial charge on any atom is -0.464 e. The summed E-state index contributed by atoms with van der Waals surface area (Å²) in [5.74, 6) is -2.82. The first-order valence-corrected chi connectivity index (χ1v) is 8.53. The highest BCUT2D eigenvalue weighted by molar-refractivity contribution is 6.29. The van der Waals surface area contributed by atoms with Crippen LogP contribution in [0.1, 0.15) is 38.3 Å². The summed E-state index contributed by atoms with van der Waals surface area (Å²) in [6, 6.07) is 3.93. The van der Waals surface area contributed by atoms with Crippen LogP contribution in [0.4, 0.5) is 22.4 Å². The molecule has 148 valence electrons. The van der Waals surface area contributed by atoms with E-state index >= 15 is 0 Å². The Hall–Kier alpha value is -2.61. The second-order valence-corrected chi connectivity index (χ2v) is 7.64. The van der Waals surface area contributed by atoms with Gasteiger partial charge in [-0.25, -0.2) is 31.9 Å². The van der Waals surface area contributed by atoms with Gasteiger partial charge >= 0.3 is 6.09 Å². The van der Waals surface area contributed by atoms with Crippen LogP contribution < -0.4 is 0 Å². The molecular weight excluding hydrogens is 400 g/mol. The molecular formula is C19H15ClF4N2O2. The van der Waals surface area contributed by atoms with E-state index in [4.69, 9.17) is 11.6 Å². The van der Waals surface area contributed by atoms with Gasteiger partial charge < -0.3 is 5.11 Å². The smallest absolute Gasteiger partial charge is 0.417 e. The molecule has 0 saturated carbocycles. The molecule has 0 unspecified atom stereocenters. The number of hydrogen-bond acceptors (Lipinski definition) is 2. The van der Waals surface area contributed by atoms with Gasteiger partial charge in [0.1, 0.15) is 5.15 Å². The Bertz CT molecular complexity index is 1100. The second-order valence-electron chi connectivity index (χ2n) is 7.25. The molecule has 0 bridgehead atoms. The predicted octanol–water partition coefficient (Wildman–Crippen LogP) is 6.40. The zero-order chi connectivity index (χ0) is 21.0. The number of carbonyl (C=O) groups is 1. The molecule has 0 radical (unpaired) electrons. The average Bonchev–Trinajstić information content (AvgIpc) is 2.90. The molecule has 0 aliphatic carbocycles. The maximum atomic E-state index is 14.0. The predicted molar refractivity (Wildman–Crippen MR) is 97.2 cm³/mol. The summed E-state index contributed by atoms with van der Waals surface area (Å²) >= 11 is 5.90. The Labute approximate surface area is 162 Å². The van der Waals surface area contributed by atoms with Gasteiger partial charge in [-0.3, -0.25) is 0 Å². The molecule has 0 amide bonds. The summed E-state index contributed by atoms with van der Waals surface area (Å²) in [7, 11) is 0. The zero-order valence-electron chi connectivity index (χ0n) is 15.0. The summed E-state index contributed by atoms with van der Waals surface area (Å²) in [5.41, 5.74) is -1.91. The van der Waals surface area contributed by atoms with Crippen molar-refractivity contribution in [2.24, 2.45) is 0 Å². The van der Waals surface area contributed by atoms with Crippen LogP contribution in [0.25, 0.3) is 22.3 Å². The van der Waals surface area contributed by atoms with Crippen molar-refractivity contribution < 1.29 is 27.5 Å². The third-order valence-electron chi connectivity index (χ3n) is 4.31. The van der Waals surface area contributed by atoms with Crippen molar-refractivity contribution in [1.29, 1.82) is 0 Å². The Morgan fingerprint density at radius 1 is 1.18 bits per heavy atom. The normalized spacial score (nSPS) is 12.2. The van der Waals surface area contributed by atoms with E-state index < -0.39 is 40.7 Å². The average molecular weight is 415 g/mol. The number of benzene rings is 1. The zero-order valence-corrected chi connectivity index (χ0v) is 15.8. The summed E-state index contributed by atoms with van der Waals surface area (Å²) in [4.78, 5) is 16.0. The minimum atomic E-state index is -3.16. The van der Waals surface area contributed by atoms with Crippen LogP contribution in [0.5, 0.6) is 0 Å². The number of aromatic nitrogens is 2. The first-order chi connectivity index (χ1) is 12.9. The van der Waals surface area contributed by atoms with E-state index in [1.807, 2.05) is 0 Å². The van der Waals surface area contributed by atoms with Crippen LogP contribution in [-0.2, 0) is 5.41 Å². The number of nitrogens with zero attached hydrogens (tertiary/aromatic N) is 2. The fourth-order valence-electron chi connectivity index (χ4n) is 3.28. The first kappa shape index (κ1) is 20.1. The van der Waals surface area contributed by atoms with Gasteiger partial charge in [-0.05, 0) is 35.2 Å². The lowest BCUT2D eigenvalue weighted by atomic mass is 9.83. The molecule has 0 aliphatic heterocycles. The lowest BCUT2D eigenvalue weighted by molar-refractivity contribution is 0.151. The van der Waals surface area contributed by atoms with E-state index in [0.29, 0.717) is 27.6 Å². The Morgan fingerprint density at radius 2 is 1.79 bits per heavy atom. The fourth-order valence-corrected chi connectivity index (χ4v) is 3.43. The lowest BCUT2D eigenvalue weighted by Crippen LogP contribution is -2.16. The van der Waals surface area contributed by atoms with E-state index in [-0.39, 0.29) is 16.5 Å².